The molecule has 0 amide bonds. The molecule has 1 aliphatic rings. The van der Waals surface area contributed by atoms with E-state index in [0.29, 0.717) is 6.04 Å². The number of ether oxygens (including phenoxy) is 1. The van der Waals surface area contributed by atoms with Crippen LogP contribution in [0.2, 0.25) is 0 Å². The van der Waals surface area contributed by atoms with Gasteiger partial charge in [0.05, 0.1) is 18.8 Å². The third kappa shape index (κ3) is 3.04. The Morgan fingerprint density at radius 3 is 2.72 bits per heavy atom. The van der Waals surface area contributed by atoms with Crippen LogP contribution in [0.4, 0.5) is 0 Å². The molecule has 1 fully saturated rings. The molecule has 0 saturated carbocycles. The van der Waals surface area contributed by atoms with Gasteiger partial charge in [0.1, 0.15) is 6.33 Å². The molecule has 2 unspecified atom stereocenters. The standard InChI is InChI=1S/C13H22N4O/c1-10(2)17-4-5-18-12(8-17)13(14-3)11-6-15-9-16-7-11/h6-7,9-10,12-14H,4-5,8H2,1-3H3. The zero-order valence-electron chi connectivity index (χ0n) is 11.3. The minimum atomic E-state index is 0.146. The minimum Gasteiger partial charge on any atom is -0.374 e. The van der Waals surface area contributed by atoms with Gasteiger partial charge in [-0.1, -0.05) is 0 Å². The van der Waals surface area contributed by atoms with Crippen LogP contribution >= 0.6 is 0 Å². The largest absolute Gasteiger partial charge is 0.374 e. The SMILES string of the molecule is CNC(c1cncnc1)C1CN(C(C)C)CCO1. The first-order valence-corrected chi connectivity index (χ1v) is 6.50. The van der Waals surface area contributed by atoms with Crippen LogP contribution in [0.1, 0.15) is 25.5 Å². The average molecular weight is 250 g/mol. The topological polar surface area (TPSA) is 50.3 Å². The van der Waals surface area contributed by atoms with Gasteiger partial charge in [-0.3, -0.25) is 4.90 Å². The molecule has 2 heterocycles. The van der Waals surface area contributed by atoms with Crippen LogP contribution in [0.15, 0.2) is 18.7 Å². The predicted octanol–water partition coefficient (Wildman–Crippen LogP) is 0.846. The molecule has 0 bridgehead atoms. The fourth-order valence-corrected chi connectivity index (χ4v) is 2.41. The zero-order chi connectivity index (χ0) is 13.0. The van der Waals surface area contributed by atoms with Gasteiger partial charge in [0, 0.05) is 37.1 Å². The first-order chi connectivity index (χ1) is 8.72. The van der Waals surface area contributed by atoms with Gasteiger partial charge in [-0.25, -0.2) is 9.97 Å². The van der Waals surface area contributed by atoms with Crippen LogP contribution in [0.25, 0.3) is 0 Å². The summed E-state index contributed by atoms with van der Waals surface area (Å²) in [4.78, 5) is 10.6. The summed E-state index contributed by atoms with van der Waals surface area (Å²) >= 11 is 0. The van der Waals surface area contributed by atoms with Crippen molar-refractivity contribution in [3.05, 3.63) is 24.3 Å². The lowest BCUT2D eigenvalue weighted by molar-refractivity contribution is -0.0551. The second kappa shape index (κ2) is 6.22. The fourth-order valence-electron chi connectivity index (χ4n) is 2.41. The van der Waals surface area contributed by atoms with Gasteiger partial charge in [0.2, 0.25) is 0 Å². The fraction of sp³-hybridized carbons (Fsp3) is 0.692. The first kappa shape index (κ1) is 13.4. The molecule has 1 aromatic heterocycles. The quantitative estimate of drug-likeness (QED) is 0.858. The van der Waals surface area contributed by atoms with E-state index in [1.807, 2.05) is 19.4 Å². The summed E-state index contributed by atoms with van der Waals surface area (Å²) in [5.41, 5.74) is 1.08. The summed E-state index contributed by atoms with van der Waals surface area (Å²) < 4.78 is 5.91. The third-order valence-corrected chi connectivity index (χ3v) is 3.48. The van der Waals surface area contributed by atoms with E-state index in [0.717, 1.165) is 25.3 Å². The summed E-state index contributed by atoms with van der Waals surface area (Å²) in [5, 5.41) is 3.32. The van der Waals surface area contributed by atoms with E-state index in [-0.39, 0.29) is 12.1 Å². The van der Waals surface area contributed by atoms with E-state index in [9.17, 15) is 0 Å². The number of hydrogen-bond acceptors (Lipinski definition) is 5. The molecule has 5 heteroatoms. The predicted molar refractivity (Wildman–Crippen MR) is 70.3 cm³/mol. The van der Waals surface area contributed by atoms with Crippen LogP contribution in [0, 0.1) is 0 Å². The van der Waals surface area contributed by atoms with E-state index in [1.165, 1.54) is 0 Å². The van der Waals surface area contributed by atoms with Gasteiger partial charge in [-0.2, -0.15) is 0 Å². The van der Waals surface area contributed by atoms with Crippen molar-refractivity contribution in [1.82, 2.24) is 20.2 Å². The normalized spacial score (nSPS) is 23.2. The maximum Gasteiger partial charge on any atom is 0.115 e. The minimum absolute atomic E-state index is 0.146. The van der Waals surface area contributed by atoms with E-state index in [4.69, 9.17) is 4.74 Å². The Bertz CT molecular complexity index is 357. The lowest BCUT2D eigenvalue weighted by atomic mass is 10.0. The van der Waals surface area contributed by atoms with Crippen LogP contribution in [-0.4, -0.2) is 53.8 Å². The number of aromatic nitrogens is 2. The molecule has 2 atom stereocenters. The highest BCUT2D eigenvalue weighted by Crippen LogP contribution is 2.21. The molecule has 1 N–H and O–H groups in total. The van der Waals surface area contributed by atoms with Crippen LogP contribution in [-0.2, 0) is 4.74 Å². The van der Waals surface area contributed by atoms with E-state index in [2.05, 4.69) is 34.0 Å². The Morgan fingerprint density at radius 1 is 1.39 bits per heavy atom. The number of nitrogens with zero attached hydrogens (tertiary/aromatic N) is 3. The Morgan fingerprint density at radius 2 is 2.11 bits per heavy atom. The number of nitrogens with one attached hydrogen (secondary N) is 1. The third-order valence-electron chi connectivity index (χ3n) is 3.48. The number of morpholine rings is 1. The van der Waals surface area contributed by atoms with E-state index < -0.39 is 0 Å². The second-order valence-electron chi connectivity index (χ2n) is 4.94. The summed E-state index contributed by atoms with van der Waals surface area (Å²) in [6.07, 6.45) is 5.41. The van der Waals surface area contributed by atoms with Gasteiger partial charge >= 0.3 is 0 Å². The van der Waals surface area contributed by atoms with Crippen LogP contribution in [0.3, 0.4) is 0 Å². The van der Waals surface area contributed by atoms with Gasteiger partial charge in [0.25, 0.3) is 0 Å². The van der Waals surface area contributed by atoms with Gasteiger partial charge in [0.15, 0.2) is 0 Å². The molecule has 18 heavy (non-hydrogen) atoms. The van der Waals surface area contributed by atoms with Gasteiger partial charge in [-0.15, -0.1) is 0 Å². The van der Waals surface area contributed by atoms with Crippen molar-refractivity contribution in [2.45, 2.75) is 32.0 Å². The molecule has 5 nitrogen and oxygen atoms in total. The lowest BCUT2D eigenvalue weighted by Gasteiger charge is -2.38. The monoisotopic (exact) mass is 250 g/mol. The molecule has 2 rings (SSSR count). The highest BCUT2D eigenvalue weighted by molar-refractivity contribution is 5.12. The maximum absolute atomic E-state index is 5.91. The molecular weight excluding hydrogens is 228 g/mol. The first-order valence-electron chi connectivity index (χ1n) is 6.50. The average Bonchev–Trinajstić information content (AvgIpc) is 2.41. The van der Waals surface area contributed by atoms with Crippen molar-refractivity contribution < 1.29 is 4.74 Å². The number of hydrogen-bond donors (Lipinski definition) is 1. The number of likely N-dealkylation sites (N-methyl/N-ethyl adjacent to an activating group) is 1. The second-order valence-corrected chi connectivity index (χ2v) is 4.94. The van der Waals surface area contributed by atoms with Crippen LogP contribution in [0.5, 0.6) is 0 Å². The molecule has 0 aliphatic carbocycles. The van der Waals surface area contributed by atoms with E-state index >= 15 is 0 Å². The molecule has 1 aromatic rings. The van der Waals surface area contributed by atoms with Crippen molar-refractivity contribution in [3.8, 4) is 0 Å². The lowest BCUT2D eigenvalue weighted by Crippen LogP contribution is -2.49. The van der Waals surface area contributed by atoms with Crippen molar-refractivity contribution >= 4 is 0 Å². The van der Waals surface area contributed by atoms with Crippen LogP contribution < -0.4 is 5.32 Å². The van der Waals surface area contributed by atoms with E-state index in [1.54, 1.807) is 6.33 Å². The van der Waals surface area contributed by atoms with Crippen molar-refractivity contribution in [2.75, 3.05) is 26.7 Å². The Hall–Kier alpha value is -1.04. The maximum atomic E-state index is 5.91. The zero-order valence-corrected chi connectivity index (χ0v) is 11.3. The molecule has 0 aromatic carbocycles. The molecule has 1 aliphatic heterocycles. The highest BCUT2D eigenvalue weighted by Gasteiger charge is 2.29. The Kier molecular flexibility index (Phi) is 4.63. The summed E-state index contributed by atoms with van der Waals surface area (Å²) in [5.74, 6) is 0. The molecule has 1 saturated heterocycles. The van der Waals surface area contributed by atoms with Gasteiger partial charge in [-0.05, 0) is 20.9 Å². The summed E-state index contributed by atoms with van der Waals surface area (Å²) in [6.45, 7) is 7.19. The number of rotatable bonds is 4. The smallest absolute Gasteiger partial charge is 0.115 e. The van der Waals surface area contributed by atoms with Crippen molar-refractivity contribution in [3.63, 3.8) is 0 Å². The molecule has 100 valence electrons. The van der Waals surface area contributed by atoms with Gasteiger partial charge < -0.3 is 10.1 Å². The van der Waals surface area contributed by atoms with Crippen molar-refractivity contribution in [1.29, 1.82) is 0 Å². The summed E-state index contributed by atoms with van der Waals surface area (Å²) in [6, 6.07) is 0.702. The highest BCUT2D eigenvalue weighted by atomic mass is 16.5. The van der Waals surface area contributed by atoms with Crippen molar-refractivity contribution in [2.24, 2.45) is 0 Å². The Labute approximate surface area is 109 Å². The molecule has 0 radical (unpaired) electrons. The Balaban J connectivity index is 2.08. The molecular formula is C13H22N4O. The molecule has 0 spiro atoms. The summed E-state index contributed by atoms with van der Waals surface area (Å²) in [7, 11) is 1.95.